The van der Waals surface area contributed by atoms with Gasteiger partial charge in [0.05, 0.1) is 6.10 Å². The van der Waals surface area contributed by atoms with Crippen LogP contribution in [0.15, 0.2) is 22.7 Å². The molecule has 1 aromatic heterocycles. The number of benzene rings is 1. The molecule has 9 nitrogen and oxygen atoms in total. The largest absolute Gasteiger partial charge is 0.485 e. The molecule has 2 N–H and O–H groups in total. The molecule has 1 aliphatic rings. The Balaban J connectivity index is 1.56. The maximum absolute atomic E-state index is 11.7. The SMILES string of the molecule is CC(O)CNC(=O)c1nc(COc2ccc3c(c2)OCO3)no1. The van der Waals surface area contributed by atoms with Crippen molar-refractivity contribution in [2.24, 2.45) is 0 Å². The molecule has 0 saturated carbocycles. The van der Waals surface area contributed by atoms with E-state index in [2.05, 4.69) is 15.5 Å². The number of hydrogen-bond acceptors (Lipinski definition) is 8. The first-order chi connectivity index (χ1) is 11.1. The standard InChI is InChI=1S/C14H15N3O6/c1-8(18)5-15-13(19)14-16-12(17-23-14)6-20-9-2-3-10-11(4-9)22-7-21-10/h2-4,8,18H,5-7H2,1H3,(H,15,19). The van der Waals surface area contributed by atoms with Crippen molar-refractivity contribution < 1.29 is 28.6 Å². The highest BCUT2D eigenvalue weighted by atomic mass is 16.7. The number of amides is 1. The third kappa shape index (κ3) is 3.69. The van der Waals surface area contributed by atoms with Crippen LogP contribution in [0.5, 0.6) is 17.2 Å². The summed E-state index contributed by atoms with van der Waals surface area (Å²) in [5, 5.41) is 15.2. The van der Waals surface area contributed by atoms with E-state index >= 15 is 0 Å². The van der Waals surface area contributed by atoms with E-state index in [1.165, 1.54) is 0 Å². The topological polar surface area (TPSA) is 116 Å². The van der Waals surface area contributed by atoms with Crippen molar-refractivity contribution in [1.29, 1.82) is 0 Å². The molecule has 1 aromatic carbocycles. The molecule has 2 heterocycles. The molecule has 23 heavy (non-hydrogen) atoms. The first-order valence-electron chi connectivity index (χ1n) is 6.93. The average molecular weight is 321 g/mol. The fourth-order valence-electron chi connectivity index (χ4n) is 1.84. The highest BCUT2D eigenvalue weighted by Crippen LogP contribution is 2.35. The van der Waals surface area contributed by atoms with Gasteiger partial charge in [-0.3, -0.25) is 4.79 Å². The summed E-state index contributed by atoms with van der Waals surface area (Å²) in [6, 6.07) is 5.16. The summed E-state index contributed by atoms with van der Waals surface area (Å²) < 4.78 is 20.8. The molecule has 0 saturated heterocycles. The maximum Gasteiger partial charge on any atom is 0.316 e. The maximum atomic E-state index is 11.7. The van der Waals surface area contributed by atoms with Crippen molar-refractivity contribution in [2.75, 3.05) is 13.3 Å². The van der Waals surface area contributed by atoms with Gasteiger partial charge < -0.3 is 29.2 Å². The Morgan fingerprint density at radius 1 is 1.43 bits per heavy atom. The third-order valence-corrected chi connectivity index (χ3v) is 2.93. The Labute approximate surface area is 131 Å². The van der Waals surface area contributed by atoms with Gasteiger partial charge in [-0.2, -0.15) is 4.98 Å². The number of nitrogens with one attached hydrogen (secondary N) is 1. The van der Waals surface area contributed by atoms with Crippen LogP contribution in [0.2, 0.25) is 0 Å². The van der Waals surface area contributed by atoms with Crippen molar-refractivity contribution in [3.63, 3.8) is 0 Å². The molecule has 3 rings (SSSR count). The Kier molecular flexibility index (Phi) is 4.29. The molecule has 1 aliphatic heterocycles. The van der Waals surface area contributed by atoms with Crippen LogP contribution in [-0.2, 0) is 6.61 Å². The van der Waals surface area contributed by atoms with E-state index in [1.54, 1.807) is 25.1 Å². The molecular formula is C14H15N3O6. The predicted molar refractivity (Wildman–Crippen MR) is 75.2 cm³/mol. The fourth-order valence-corrected chi connectivity index (χ4v) is 1.84. The van der Waals surface area contributed by atoms with E-state index in [1.807, 2.05) is 0 Å². The van der Waals surface area contributed by atoms with Gasteiger partial charge in [-0.25, -0.2) is 0 Å². The van der Waals surface area contributed by atoms with Gasteiger partial charge in [0.1, 0.15) is 5.75 Å². The average Bonchev–Trinajstić information content (AvgIpc) is 3.19. The highest BCUT2D eigenvalue weighted by molar-refractivity contribution is 5.89. The van der Waals surface area contributed by atoms with Crippen LogP contribution in [0, 0.1) is 0 Å². The normalized spacial score (nSPS) is 13.7. The molecule has 0 aliphatic carbocycles. The quantitative estimate of drug-likeness (QED) is 0.789. The Morgan fingerprint density at radius 2 is 2.26 bits per heavy atom. The highest BCUT2D eigenvalue weighted by Gasteiger charge is 2.17. The number of carbonyl (C=O) groups excluding carboxylic acids is 1. The second-order valence-corrected chi connectivity index (χ2v) is 4.88. The zero-order valence-corrected chi connectivity index (χ0v) is 12.3. The van der Waals surface area contributed by atoms with Crippen molar-refractivity contribution in [2.45, 2.75) is 19.6 Å². The molecule has 9 heteroatoms. The molecule has 2 aromatic rings. The number of nitrogens with zero attached hydrogens (tertiary/aromatic N) is 2. The molecule has 0 fully saturated rings. The summed E-state index contributed by atoms with van der Waals surface area (Å²) in [4.78, 5) is 15.6. The van der Waals surface area contributed by atoms with Crippen molar-refractivity contribution in [3.8, 4) is 17.2 Å². The summed E-state index contributed by atoms with van der Waals surface area (Å²) in [5.41, 5.74) is 0. The second-order valence-electron chi connectivity index (χ2n) is 4.88. The van der Waals surface area contributed by atoms with Crippen LogP contribution >= 0.6 is 0 Å². The molecule has 1 atom stereocenters. The minimum atomic E-state index is -0.657. The van der Waals surface area contributed by atoms with E-state index < -0.39 is 12.0 Å². The smallest absolute Gasteiger partial charge is 0.316 e. The van der Waals surface area contributed by atoms with Gasteiger partial charge in [-0.05, 0) is 19.1 Å². The van der Waals surface area contributed by atoms with Crippen molar-refractivity contribution in [3.05, 3.63) is 29.9 Å². The Bertz CT molecular complexity index is 700. The van der Waals surface area contributed by atoms with Crippen molar-refractivity contribution in [1.82, 2.24) is 15.5 Å². The van der Waals surface area contributed by atoms with Gasteiger partial charge >= 0.3 is 11.8 Å². The van der Waals surface area contributed by atoms with E-state index in [0.717, 1.165) is 0 Å². The molecular weight excluding hydrogens is 306 g/mol. The van der Waals surface area contributed by atoms with E-state index in [4.69, 9.17) is 23.8 Å². The second kappa shape index (κ2) is 6.53. The summed E-state index contributed by atoms with van der Waals surface area (Å²) in [5.74, 6) is 1.31. The third-order valence-electron chi connectivity index (χ3n) is 2.93. The number of aliphatic hydroxyl groups excluding tert-OH is 1. The van der Waals surface area contributed by atoms with Gasteiger partial charge in [0, 0.05) is 12.6 Å². The summed E-state index contributed by atoms with van der Waals surface area (Å²) in [6.45, 7) is 1.88. The van der Waals surface area contributed by atoms with Gasteiger partial charge in [-0.15, -0.1) is 0 Å². The zero-order chi connectivity index (χ0) is 16.2. The minimum absolute atomic E-state index is 0.0346. The lowest BCUT2D eigenvalue weighted by atomic mass is 10.3. The van der Waals surface area contributed by atoms with Gasteiger partial charge in [0.2, 0.25) is 12.6 Å². The number of aliphatic hydroxyl groups is 1. The van der Waals surface area contributed by atoms with Crippen LogP contribution in [-0.4, -0.2) is 40.6 Å². The summed E-state index contributed by atoms with van der Waals surface area (Å²) >= 11 is 0. The number of ether oxygens (including phenoxy) is 3. The summed E-state index contributed by atoms with van der Waals surface area (Å²) in [7, 11) is 0. The molecule has 1 amide bonds. The lowest BCUT2D eigenvalue weighted by Gasteiger charge is -2.04. The summed E-state index contributed by atoms with van der Waals surface area (Å²) in [6.07, 6.45) is -0.657. The number of hydrogen-bond donors (Lipinski definition) is 2. The van der Waals surface area contributed by atoms with Crippen LogP contribution < -0.4 is 19.5 Å². The Morgan fingerprint density at radius 3 is 3.09 bits per heavy atom. The minimum Gasteiger partial charge on any atom is -0.485 e. The van der Waals surface area contributed by atoms with E-state index in [0.29, 0.717) is 17.2 Å². The lowest BCUT2D eigenvalue weighted by molar-refractivity contribution is 0.0880. The van der Waals surface area contributed by atoms with E-state index in [-0.39, 0.29) is 31.7 Å². The van der Waals surface area contributed by atoms with Crippen LogP contribution in [0.25, 0.3) is 0 Å². The fraction of sp³-hybridized carbons (Fsp3) is 0.357. The first kappa shape index (κ1) is 15.1. The van der Waals surface area contributed by atoms with Crippen LogP contribution in [0.3, 0.4) is 0 Å². The zero-order valence-electron chi connectivity index (χ0n) is 12.3. The molecule has 0 spiro atoms. The van der Waals surface area contributed by atoms with Crippen molar-refractivity contribution >= 4 is 5.91 Å². The number of carbonyl (C=O) groups is 1. The van der Waals surface area contributed by atoms with Gasteiger partial charge in [0.15, 0.2) is 18.1 Å². The first-order valence-corrected chi connectivity index (χ1v) is 6.93. The molecule has 0 radical (unpaired) electrons. The van der Waals surface area contributed by atoms with Crippen LogP contribution in [0.4, 0.5) is 0 Å². The molecule has 0 bridgehead atoms. The lowest BCUT2D eigenvalue weighted by Crippen LogP contribution is -2.30. The van der Waals surface area contributed by atoms with E-state index in [9.17, 15) is 4.79 Å². The predicted octanol–water partition coefficient (Wildman–Crippen LogP) is 0.488. The molecule has 122 valence electrons. The van der Waals surface area contributed by atoms with Gasteiger partial charge in [-0.1, -0.05) is 5.16 Å². The molecule has 1 unspecified atom stereocenters. The number of fused-ring (bicyclic) bond motifs is 1. The number of aromatic nitrogens is 2. The van der Waals surface area contributed by atoms with Gasteiger partial charge in [0.25, 0.3) is 0 Å². The van der Waals surface area contributed by atoms with Crippen LogP contribution in [0.1, 0.15) is 23.4 Å². The Hall–Kier alpha value is -2.81. The monoisotopic (exact) mass is 321 g/mol. The number of rotatable bonds is 6.